The van der Waals surface area contributed by atoms with Crippen LogP contribution in [0.25, 0.3) is 0 Å². The van der Waals surface area contributed by atoms with E-state index in [4.69, 9.17) is 0 Å². The zero-order chi connectivity index (χ0) is 13.1. The van der Waals surface area contributed by atoms with Crippen LogP contribution in [0.1, 0.15) is 50.5 Å². The van der Waals surface area contributed by atoms with Crippen LogP contribution in [0, 0.1) is 17.8 Å². The molecule has 2 saturated carbocycles. The maximum Gasteiger partial charge on any atom is 0.00201 e. The standard InChI is InChI=1S/C18H27N/c1-2-19-13-18(15-6-4-3-5-7-15)12-17-11-14-8-9-16(17)10-14/h3-7,14,16-19H,2,8-13H2,1H3. The lowest BCUT2D eigenvalue weighted by atomic mass is 9.80. The minimum absolute atomic E-state index is 0.713. The molecule has 2 bridgehead atoms. The van der Waals surface area contributed by atoms with E-state index in [1.165, 1.54) is 37.7 Å². The molecule has 0 radical (unpaired) electrons. The van der Waals surface area contributed by atoms with E-state index in [1.807, 2.05) is 0 Å². The monoisotopic (exact) mass is 257 g/mol. The van der Waals surface area contributed by atoms with Gasteiger partial charge in [-0.15, -0.1) is 0 Å². The van der Waals surface area contributed by atoms with Gasteiger partial charge in [0.2, 0.25) is 0 Å². The highest BCUT2D eigenvalue weighted by molar-refractivity contribution is 5.20. The van der Waals surface area contributed by atoms with E-state index in [-0.39, 0.29) is 0 Å². The molecule has 1 aromatic carbocycles. The van der Waals surface area contributed by atoms with Crippen LogP contribution in [0.15, 0.2) is 30.3 Å². The molecule has 1 aromatic rings. The lowest BCUT2D eigenvalue weighted by molar-refractivity contribution is 0.292. The number of nitrogens with one attached hydrogen (secondary N) is 1. The summed E-state index contributed by atoms with van der Waals surface area (Å²) < 4.78 is 0. The Bertz CT molecular complexity index is 386. The van der Waals surface area contributed by atoms with Gasteiger partial charge in [-0.2, -0.15) is 0 Å². The second kappa shape index (κ2) is 6.09. The first-order valence-corrected chi connectivity index (χ1v) is 8.12. The van der Waals surface area contributed by atoms with Crippen molar-refractivity contribution in [3.63, 3.8) is 0 Å². The topological polar surface area (TPSA) is 12.0 Å². The number of rotatable bonds is 6. The lowest BCUT2D eigenvalue weighted by Gasteiger charge is -2.27. The van der Waals surface area contributed by atoms with Gasteiger partial charge >= 0.3 is 0 Å². The van der Waals surface area contributed by atoms with Gasteiger partial charge in [-0.25, -0.2) is 0 Å². The third kappa shape index (κ3) is 3.02. The highest BCUT2D eigenvalue weighted by atomic mass is 14.8. The third-order valence-electron chi connectivity index (χ3n) is 5.38. The minimum Gasteiger partial charge on any atom is -0.316 e. The molecule has 0 aliphatic heterocycles. The largest absolute Gasteiger partial charge is 0.316 e. The van der Waals surface area contributed by atoms with E-state index in [2.05, 4.69) is 42.6 Å². The molecule has 4 unspecified atom stereocenters. The van der Waals surface area contributed by atoms with Gasteiger partial charge in [0.1, 0.15) is 0 Å². The predicted octanol–water partition coefficient (Wildman–Crippen LogP) is 4.21. The highest BCUT2D eigenvalue weighted by Crippen LogP contribution is 2.51. The SMILES string of the molecule is CCNCC(CC1CC2CCC1C2)c1ccccc1. The summed E-state index contributed by atoms with van der Waals surface area (Å²) >= 11 is 0. The van der Waals surface area contributed by atoms with E-state index in [1.54, 1.807) is 0 Å². The zero-order valence-electron chi connectivity index (χ0n) is 12.1. The summed E-state index contributed by atoms with van der Waals surface area (Å²) in [4.78, 5) is 0. The molecular formula is C18H27N. The molecule has 0 amide bonds. The first-order chi connectivity index (χ1) is 9.36. The Balaban J connectivity index is 1.66. The number of fused-ring (bicyclic) bond motifs is 2. The second-order valence-electron chi connectivity index (χ2n) is 6.59. The molecule has 0 heterocycles. The fraction of sp³-hybridized carbons (Fsp3) is 0.667. The average Bonchev–Trinajstić information content (AvgIpc) is 3.07. The van der Waals surface area contributed by atoms with Gasteiger partial charge in [0.05, 0.1) is 0 Å². The molecule has 2 aliphatic carbocycles. The van der Waals surface area contributed by atoms with E-state index in [0.29, 0.717) is 5.92 Å². The fourth-order valence-electron chi connectivity index (χ4n) is 4.41. The average molecular weight is 257 g/mol. The smallest absolute Gasteiger partial charge is 0.00201 e. The lowest BCUT2D eigenvalue weighted by Crippen LogP contribution is -2.24. The van der Waals surface area contributed by atoms with Crippen molar-refractivity contribution in [1.82, 2.24) is 5.32 Å². The van der Waals surface area contributed by atoms with Crippen molar-refractivity contribution in [3.8, 4) is 0 Å². The Hall–Kier alpha value is -0.820. The third-order valence-corrected chi connectivity index (χ3v) is 5.38. The van der Waals surface area contributed by atoms with Crippen molar-refractivity contribution in [2.75, 3.05) is 13.1 Å². The summed E-state index contributed by atoms with van der Waals surface area (Å²) in [6, 6.07) is 11.1. The number of likely N-dealkylation sites (N-methyl/N-ethyl adjacent to an activating group) is 1. The van der Waals surface area contributed by atoms with Gasteiger partial charge in [-0.1, -0.05) is 43.7 Å². The van der Waals surface area contributed by atoms with Gasteiger partial charge in [-0.3, -0.25) is 0 Å². The Morgan fingerprint density at radius 2 is 2.00 bits per heavy atom. The Morgan fingerprint density at radius 1 is 1.16 bits per heavy atom. The molecule has 1 nitrogen and oxygen atoms in total. The van der Waals surface area contributed by atoms with E-state index >= 15 is 0 Å². The van der Waals surface area contributed by atoms with Crippen LogP contribution in [-0.4, -0.2) is 13.1 Å². The molecule has 104 valence electrons. The molecule has 2 aliphatic rings. The number of hydrogen-bond acceptors (Lipinski definition) is 1. The summed E-state index contributed by atoms with van der Waals surface area (Å²) in [6.45, 7) is 4.44. The van der Waals surface area contributed by atoms with E-state index in [0.717, 1.165) is 30.8 Å². The van der Waals surface area contributed by atoms with Crippen LogP contribution in [0.2, 0.25) is 0 Å². The van der Waals surface area contributed by atoms with Crippen LogP contribution >= 0.6 is 0 Å². The van der Waals surface area contributed by atoms with Gasteiger partial charge < -0.3 is 5.32 Å². The van der Waals surface area contributed by atoms with Crippen molar-refractivity contribution >= 4 is 0 Å². The maximum atomic E-state index is 3.56. The van der Waals surface area contributed by atoms with Crippen LogP contribution in [-0.2, 0) is 0 Å². The summed E-state index contributed by atoms with van der Waals surface area (Å²) in [5, 5.41) is 3.56. The fourth-order valence-corrected chi connectivity index (χ4v) is 4.41. The molecule has 0 aromatic heterocycles. The number of hydrogen-bond donors (Lipinski definition) is 1. The molecule has 0 saturated heterocycles. The van der Waals surface area contributed by atoms with Crippen LogP contribution in [0.4, 0.5) is 0 Å². The quantitative estimate of drug-likeness (QED) is 0.805. The Kier molecular flexibility index (Phi) is 4.22. The van der Waals surface area contributed by atoms with E-state index in [9.17, 15) is 0 Å². The van der Waals surface area contributed by atoms with Crippen LogP contribution in [0.5, 0.6) is 0 Å². The summed E-state index contributed by atoms with van der Waals surface area (Å²) in [5.41, 5.74) is 1.53. The maximum absolute atomic E-state index is 3.56. The zero-order valence-corrected chi connectivity index (χ0v) is 12.1. The van der Waals surface area contributed by atoms with Gasteiger partial charge in [0, 0.05) is 6.54 Å². The molecule has 1 heteroatoms. The molecule has 0 spiro atoms. The first-order valence-electron chi connectivity index (χ1n) is 8.12. The molecule has 4 atom stereocenters. The molecule has 2 fully saturated rings. The molecular weight excluding hydrogens is 230 g/mol. The van der Waals surface area contributed by atoms with Crippen LogP contribution < -0.4 is 5.32 Å². The first kappa shape index (κ1) is 13.2. The normalized spacial score (nSPS) is 30.7. The van der Waals surface area contributed by atoms with Gasteiger partial charge in [-0.05, 0) is 61.5 Å². The summed E-state index contributed by atoms with van der Waals surface area (Å²) in [7, 11) is 0. The van der Waals surface area contributed by atoms with Gasteiger partial charge in [0.25, 0.3) is 0 Å². The van der Waals surface area contributed by atoms with Crippen molar-refractivity contribution in [2.45, 2.75) is 44.9 Å². The van der Waals surface area contributed by atoms with Crippen molar-refractivity contribution in [3.05, 3.63) is 35.9 Å². The predicted molar refractivity (Wildman–Crippen MR) is 81.3 cm³/mol. The van der Waals surface area contributed by atoms with Crippen molar-refractivity contribution in [2.24, 2.45) is 17.8 Å². The van der Waals surface area contributed by atoms with E-state index < -0.39 is 0 Å². The van der Waals surface area contributed by atoms with Crippen molar-refractivity contribution in [1.29, 1.82) is 0 Å². The minimum atomic E-state index is 0.713. The summed E-state index contributed by atoms with van der Waals surface area (Å²) in [6.07, 6.45) is 7.48. The summed E-state index contributed by atoms with van der Waals surface area (Å²) in [5.74, 6) is 3.84. The Morgan fingerprint density at radius 3 is 2.63 bits per heavy atom. The van der Waals surface area contributed by atoms with Gasteiger partial charge in [0.15, 0.2) is 0 Å². The Labute approximate surface area is 117 Å². The van der Waals surface area contributed by atoms with Crippen molar-refractivity contribution < 1.29 is 0 Å². The highest BCUT2D eigenvalue weighted by Gasteiger charge is 2.40. The van der Waals surface area contributed by atoms with Crippen LogP contribution in [0.3, 0.4) is 0 Å². The molecule has 3 rings (SSSR count). The molecule has 1 N–H and O–H groups in total. The number of benzene rings is 1. The molecule has 19 heavy (non-hydrogen) atoms. The second-order valence-corrected chi connectivity index (χ2v) is 6.59.